The minimum atomic E-state index is -0.183. The van der Waals surface area contributed by atoms with Gasteiger partial charge < -0.3 is 15.4 Å². The van der Waals surface area contributed by atoms with E-state index in [1.807, 2.05) is 24.3 Å². The second kappa shape index (κ2) is 4.35. The predicted molar refractivity (Wildman–Crippen MR) is 76.2 cm³/mol. The van der Waals surface area contributed by atoms with Gasteiger partial charge in [0, 0.05) is 13.1 Å². The summed E-state index contributed by atoms with van der Waals surface area (Å²) in [6.45, 7) is 6.39. The van der Waals surface area contributed by atoms with E-state index in [9.17, 15) is 0 Å². The molecular weight excluding hydrogens is 240 g/mol. The van der Waals surface area contributed by atoms with Crippen molar-refractivity contribution in [3.8, 4) is 0 Å². The number of morpholine rings is 1. The van der Waals surface area contributed by atoms with Gasteiger partial charge in [-0.25, -0.2) is 9.97 Å². The first-order valence-electron chi connectivity index (χ1n) is 6.46. The SMILES string of the molecule is CC1(C)CN(c2nc3ccccc3nc2N)CCO1. The summed E-state index contributed by atoms with van der Waals surface area (Å²) in [6.07, 6.45) is 0. The van der Waals surface area contributed by atoms with Gasteiger partial charge in [-0.1, -0.05) is 12.1 Å². The smallest absolute Gasteiger partial charge is 0.172 e. The normalized spacial score (nSPS) is 18.7. The van der Waals surface area contributed by atoms with Crippen molar-refractivity contribution in [1.29, 1.82) is 0 Å². The summed E-state index contributed by atoms with van der Waals surface area (Å²) in [5.41, 5.74) is 7.57. The summed E-state index contributed by atoms with van der Waals surface area (Å²) < 4.78 is 5.71. The number of nitrogens with zero attached hydrogens (tertiary/aromatic N) is 3. The topological polar surface area (TPSA) is 64.3 Å². The summed E-state index contributed by atoms with van der Waals surface area (Å²) in [6, 6.07) is 7.77. The van der Waals surface area contributed by atoms with E-state index in [1.165, 1.54) is 0 Å². The molecule has 0 amide bonds. The van der Waals surface area contributed by atoms with E-state index in [0.29, 0.717) is 12.4 Å². The van der Waals surface area contributed by atoms with Crippen LogP contribution >= 0.6 is 0 Å². The van der Waals surface area contributed by atoms with Crippen molar-refractivity contribution < 1.29 is 4.74 Å². The standard InChI is InChI=1S/C14H18N4O/c1-14(2)9-18(7-8-19-14)13-12(15)16-10-5-3-4-6-11(10)17-13/h3-6H,7-9H2,1-2H3,(H2,15,16). The van der Waals surface area contributed by atoms with Crippen LogP contribution in [0.4, 0.5) is 11.6 Å². The summed E-state index contributed by atoms with van der Waals surface area (Å²) >= 11 is 0. The summed E-state index contributed by atoms with van der Waals surface area (Å²) in [5.74, 6) is 1.24. The number of fused-ring (bicyclic) bond motifs is 1. The molecule has 1 aromatic carbocycles. The third-order valence-corrected chi connectivity index (χ3v) is 3.30. The zero-order chi connectivity index (χ0) is 13.5. The van der Waals surface area contributed by atoms with Crippen molar-refractivity contribution in [3.63, 3.8) is 0 Å². The Bertz CT molecular complexity index is 611. The molecule has 0 atom stereocenters. The largest absolute Gasteiger partial charge is 0.381 e. The molecular formula is C14H18N4O. The number of hydrogen-bond donors (Lipinski definition) is 1. The molecule has 2 N–H and O–H groups in total. The van der Waals surface area contributed by atoms with Crippen molar-refractivity contribution in [3.05, 3.63) is 24.3 Å². The lowest BCUT2D eigenvalue weighted by atomic mass is 10.1. The second-order valence-corrected chi connectivity index (χ2v) is 5.45. The Morgan fingerprint density at radius 3 is 2.58 bits per heavy atom. The molecule has 0 spiro atoms. The van der Waals surface area contributed by atoms with Gasteiger partial charge in [-0.3, -0.25) is 0 Å². The average Bonchev–Trinajstić information content (AvgIpc) is 2.36. The molecule has 1 aliphatic rings. The number of hydrogen-bond acceptors (Lipinski definition) is 5. The lowest BCUT2D eigenvalue weighted by Crippen LogP contribution is -2.48. The van der Waals surface area contributed by atoms with Crippen LogP contribution in [0.3, 0.4) is 0 Å². The zero-order valence-electron chi connectivity index (χ0n) is 11.3. The number of nitrogens with two attached hydrogens (primary N) is 1. The van der Waals surface area contributed by atoms with E-state index in [-0.39, 0.29) is 5.60 Å². The molecule has 100 valence electrons. The molecule has 19 heavy (non-hydrogen) atoms. The summed E-state index contributed by atoms with van der Waals surface area (Å²) in [7, 11) is 0. The molecule has 1 saturated heterocycles. The molecule has 3 rings (SSSR count). The Kier molecular flexibility index (Phi) is 2.78. The lowest BCUT2D eigenvalue weighted by molar-refractivity contribution is -0.0278. The fourth-order valence-corrected chi connectivity index (χ4v) is 2.43. The average molecular weight is 258 g/mol. The van der Waals surface area contributed by atoms with Gasteiger partial charge in [0.15, 0.2) is 11.6 Å². The van der Waals surface area contributed by atoms with Crippen molar-refractivity contribution >= 4 is 22.7 Å². The molecule has 0 aliphatic carbocycles. The molecule has 1 aliphatic heterocycles. The van der Waals surface area contributed by atoms with Crippen LogP contribution in [-0.4, -0.2) is 35.3 Å². The maximum Gasteiger partial charge on any atom is 0.172 e. The molecule has 0 bridgehead atoms. The van der Waals surface area contributed by atoms with Crippen molar-refractivity contribution in [1.82, 2.24) is 9.97 Å². The second-order valence-electron chi connectivity index (χ2n) is 5.45. The van der Waals surface area contributed by atoms with E-state index < -0.39 is 0 Å². The number of nitrogen functional groups attached to an aromatic ring is 1. The quantitative estimate of drug-likeness (QED) is 0.845. The van der Waals surface area contributed by atoms with E-state index in [1.54, 1.807) is 0 Å². The van der Waals surface area contributed by atoms with Crippen LogP contribution in [0.25, 0.3) is 11.0 Å². The van der Waals surface area contributed by atoms with Crippen LogP contribution in [0, 0.1) is 0 Å². The Hall–Kier alpha value is -1.88. The number of para-hydroxylation sites is 2. The van der Waals surface area contributed by atoms with Gasteiger partial charge in [0.25, 0.3) is 0 Å². The summed E-state index contributed by atoms with van der Waals surface area (Å²) in [5, 5.41) is 0. The van der Waals surface area contributed by atoms with Gasteiger partial charge in [0.2, 0.25) is 0 Å². The van der Waals surface area contributed by atoms with Crippen LogP contribution in [-0.2, 0) is 4.74 Å². The van der Waals surface area contributed by atoms with E-state index in [4.69, 9.17) is 10.5 Å². The lowest BCUT2D eigenvalue weighted by Gasteiger charge is -2.38. The van der Waals surface area contributed by atoms with Crippen LogP contribution in [0.5, 0.6) is 0 Å². The highest BCUT2D eigenvalue weighted by Gasteiger charge is 2.29. The van der Waals surface area contributed by atoms with Crippen LogP contribution in [0.2, 0.25) is 0 Å². The minimum absolute atomic E-state index is 0.183. The number of rotatable bonds is 1. The number of ether oxygens (including phenoxy) is 1. The van der Waals surface area contributed by atoms with Crippen molar-refractivity contribution in [2.75, 3.05) is 30.3 Å². The maximum atomic E-state index is 6.05. The first-order valence-corrected chi connectivity index (χ1v) is 6.46. The zero-order valence-corrected chi connectivity index (χ0v) is 11.3. The first-order chi connectivity index (χ1) is 9.05. The molecule has 0 saturated carbocycles. The third-order valence-electron chi connectivity index (χ3n) is 3.30. The Morgan fingerprint density at radius 2 is 1.89 bits per heavy atom. The molecule has 2 aromatic rings. The van der Waals surface area contributed by atoms with E-state index >= 15 is 0 Å². The van der Waals surface area contributed by atoms with Gasteiger partial charge in [-0.05, 0) is 26.0 Å². The van der Waals surface area contributed by atoms with E-state index in [2.05, 4.69) is 28.7 Å². The molecule has 5 nitrogen and oxygen atoms in total. The Morgan fingerprint density at radius 1 is 1.21 bits per heavy atom. The van der Waals surface area contributed by atoms with Gasteiger partial charge in [-0.15, -0.1) is 0 Å². The highest BCUT2D eigenvalue weighted by Crippen LogP contribution is 2.26. The minimum Gasteiger partial charge on any atom is -0.381 e. The van der Waals surface area contributed by atoms with Gasteiger partial charge in [0.1, 0.15) is 0 Å². The fourth-order valence-electron chi connectivity index (χ4n) is 2.43. The highest BCUT2D eigenvalue weighted by atomic mass is 16.5. The number of anilines is 2. The van der Waals surface area contributed by atoms with Crippen LogP contribution in [0.15, 0.2) is 24.3 Å². The number of benzene rings is 1. The molecule has 2 heterocycles. The monoisotopic (exact) mass is 258 g/mol. The molecule has 1 fully saturated rings. The molecule has 5 heteroatoms. The maximum absolute atomic E-state index is 6.05. The van der Waals surface area contributed by atoms with Gasteiger partial charge in [-0.2, -0.15) is 0 Å². The molecule has 0 unspecified atom stereocenters. The highest BCUT2D eigenvalue weighted by molar-refractivity contribution is 5.79. The summed E-state index contributed by atoms with van der Waals surface area (Å²) in [4.78, 5) is 11.2. The van der Waals surface area contributed by atoms with Gasteiger partial charge >= 0.3 is 0 Å². The molecule has 0 radical (unpaired) electrons. The molecule has 1 aromatic heterocycles. The van der Waals surface area contributed by atoms with Crippen LogP contribution in [0.1, 0.15) is 13.8 Å². The van der Waals surface area contributed by atoms with Crippen molar-refractivity contribution in [2.45, 2.75) is 19.4 Å². The number of aromatic nitrogens is 2. The Balaban J connectivity index is 2.02. The van der Waals surface area contributed by atoms with Crippen LogP contribution < -0.4 is 10.6 Å². The third kappa shape index (κ3) is 2.33. The Labute approximate surface area is 112 Å². The first kappa shape index (κ1) is 12.2. The van der Waals surface area contributed by atoms with Crippen molar-refractivity contribution in [2.24, 2.45) is 0 Å². The van der Waals surface area contributed by atoms with Gasteiger partial charge in [0.05, 0.1) is 23.2 Å². The fraction of sp³-hybridized carbons (Fsp3) is 0.429. The predicted octanol–water partition coefficient (Wildman–Crippen LogP) is 1.83. The van der Waals surface area contributed by atoms with E-state index in [0.717, 1.165) is 29.9 Å².